The van der Waals surface area contributed by atoms with E-state index < -0.39 is 24.7 Å². The molecule has 0 aliphatic heterocycles. The summed E-state index contributed by atoms with van der Waals surface area (Å²) in [6.07, 6.45) is -6.74. The van der Waals surface area contributed by atoms with E-state index in [9.17, 15) is 18.0 Å². The molecule has 1 rings (SSSR count). The van der Waals surface area contributed by atoms with Gasteiger partial charge in [0.2, 0.25) is 5.91 Å². The molecular weight excluding hydrogens is 327 g/mol. The minimum Gasteiger partial charge on any atom is -0.382 e. The van der Waals surface area contributed by atoms with Gasteiger partial charge in [-0.15, -0.1) is 0 Å². The molecule has 0 radical (unpaired) electrons. The second-order valence-corrected chi connectivity index (χ2v) is 4.91. The number of benzene rings is 1. The molecule has 0 saturated heterocycles. The van der Waals surface area contributed by atoms with Crippen molar-refractivity contribution in [2.75, 3.05) is 6.54 Å². The molecule has 0 spiro atoms. The van der Waals surface area contributed by atoms with Crippen LogP contribution in [0.25, 0.3) is 0 Å². The lowest BCUT2D eigenvalue weighted by molar-refractivity contribution is -0.201. The molecule has 1 atom stereocenters. The Morgan fingerprint density at radius 2 is 2.11 bits per heavy atom. The maximum absolute atomic E-state index is 12.0. The van der Waals surface area contributed by atoms with Crippen molar-refractivity contribution in [1.29, 1.82) is 0 Å². The fourth-order valence-corrected chi connectivity index (χ4v) is 1.81. The average Bonchev–Trinajstić information content (AvgIpc) is 2.32. The molecule has 0 aliphatic rings. The van der Waals surface area contributed by atoms with Crippen LogP contribution >= 0.6 is 15.9 Å². The lowest BCUT2D eigenvalue weighted by Gasteiger charge is -2.14. The van der Waals surface area contributed by atoms with Gasteiger partial charge >= 0.3 is 6.18 Å². The first-order valence-electron chi connectivity index (χ1n) is 5.55. The largest absolute Gasteiger partial charge is 0.416 e. The number of rotatable bonds is 5. The van der Waals surface area contributed by atoms with Crippen LogP contribution in [0, 0.1) is 0 Å². The van der Waals surface area contributed by atoms with Crippen molar-refractivity contribution in [3.8, 4) is 0 Å². The van der Waals surface area contributed by atoms with Crippen LogP contribution in [-0.4, -0.2) is 29.8 Å². The average molecular weight is 340 g/mol. The summed E-state index contributed by atoms with van der Waals surface area (Å²) in [6, 6.07) is 7.30. The van der Waals surface area contributed by atoms with Crippen LogP contribution in [0.15, 0.2) is 28.7 Å². The van der Waals surface area contributed by atoms with E-state index in [1.165, 1.54) is 0 Å². The van der Waals surface area contributed by atoms with Crippen LogP contribution in [0.3, 0.4) is 0 Å². The van der Waals surface area contributed by atoms with E-state index in [0.717, 1.165) is 10.0 Å². The Bertz CT molecular complexity index is 437. The third kappa shape index (κ3) is 6.07. The maximum Gasteiger partial charge on any atom is 0.416 e. The second-order valence-electron chi connectivity index (χ2n) is 3.99. The van der Waals surface area contributed by atoms with Gasteiger partial charge in [-0.05, 0) is 24.1 Å². The molecule has 0 fully saturated rings. The third-order valence-electron chi connectivity index (χ3n) is 2.40. The van der Waals surface area contributed by atoms with Crippen molar-refractivity contribution >= 4 is 21.8 Å². The van der Waals surface area contributed by atoms with E-state index in [2.05, 4.69) is 21.2 Å². The molecule has 2 N–H and O–H groups in total. The van der Waals surface area contributed by atoms with Gasteiger partial charge in [0.25, 0.3) is 0 Å². The summed E-state index contributed by atoms with van der Waals surface area (Å²) in [6.45, 7) is -0.819. The predicted molar refractivity (Wildman–Crippen MR) is 67.5 cm³/mol. The van der Waals surface area contributed by atoms with Gasteiger partial charge in [0.15, 0.2) is 6.10 Å². The van der Waals surface area contributed by atoms with E-state index in [1.54, 1.807) is 0 Å². The van der Waals surface area contributed by atoms with Gasteiger partial charge in [-0.25, -0.2) is 0 Å². The third-order valence-corrected chi connectivity index (χ3v) is 2.89. The topological polar surface area (TPSA) is 49.3 Å². The number of aliphatic hydroxyl groups excluding tert-OH is 1. The maximum atomic E-state index is 12.0. The Labute approximate surface area is 116 Å². The molecule has 0 saturated carbocycles. The molecule has 7 heteroatoms. The summed E-state index contributed by atoms with van der Waals surface area (Å²) in [5, 5.41) is 10.8. The first-order valence-corrected chi connectivity index (χ1v) is 6.34. The molecular formula is C12H13BrF3NO2. The monoisotopic (exact) mass is 339 g/mol. The second kappa shape index (κ2) is 6.91. The highest BCUT2D eigenvalue weighted by molar-refractivity contribution is 9.10. The van der Waals surface area contributed by atoms with Gasteiger partial charge in [-0.3, -0.25) is 4.79 Å². The van der Waals surface area contributed by atoms with E-state index in [1.807, 2.05) is 24.3 Å². The Morgan fingerprint density at radius 3 is 2.68 bits per heavy atom. The number of hydrogen-bond donors (Lipinski definition) is 2. The molecule has 1 aromatic carbocycles. The van der Waals surface area contributed by atoms with Gasteiger partial charge in [-0.1, -0.05) is 28.1 Å². The number of hydrogen-bond acceptors (Lipinski definition) is 2. The molecule has 0 aliphatic carbocycles. The molecule has 0 bridgehead atoms. The van der Waals surface area contributed by atoms with Gasteiger partial charge < -0.3 is 10.4 Å². The number of alkyl halides is 3. The Balaban J connectivity index is 2.33. The molecule has 0 heterocycles. The van der Waals surface area contributed by atoms with Crippen molar-refractivity contribution in [3.05, 3.63) is 34.3 Å². The zero-order chi connectivity index (χ0) is 14.5. The van der Waals surface area contributed by atoms with E-state index in [4.69, 9.17) is 5.11 Å². The van der Waals surface area contributed by atoms with Crippen LogP contribution in [0.1, 0.15) is 12.0 Å². The smallest absolute Gasteiger partial charge is 0.382 e. The van der Waals surface area contributed by atoms with Crippen LogP contribution < -0.4 is 5.32 Å². The van der Waals surface area contributed by atoms with Crippen molar-refractivity contribution < 1.29 is 23.1 Å². The van der Waals surface area contributed by atoms with Crippen LogP contribution in [-0.2, 0) is 11.2 Å². The fraction of sp³-hybridized carbons (Fsp3) is 0.417. The number of amides is 1. The lowest BCUT2D eigenvalue weighted by Crippen LogP contribution is -2.40. The number of carbonyl (C=O) groups excluding carboxylic acids is 1. The Kier molecular flexibility index (Phi) is 5.81. The molecule has 1 aromatic rings. The van der Waals surface area contributed by atoms with E-state index >= 15 is 0 Å². The quantitative estimate of drug-likeness (QED) is 0.865. The molecule has 106 valence electrons. The van der Waals surface area contributed by atoms with Crippen molar-refractivity contribution in [2.45, 2.75) is 25.1 Å². The van der Waals surface area contributed by atoms with E-state index in [0.29, 0.717) is 6.42 Å². The van der Waals surface area contributed by atoms with Crippen LogP contribution in [0.4, 0.5) is 13.2 Å². The first-order chi connectivity index (χ1) is 8.79. The number of halogens is 4. The summed E-state index contributed by atoms with van der Waals surface area (Å²) in [7, 11) is 0. The Morgan fingerprint density at radius 1 is 1.42 bits per heavy atom. The summed E-state index contributed by atoms with van der Waals surface area (Å²) in [5.41, 5.74) is 0.904. The Hall–Kier alpha value is -1.08. The van der Waals surface area contributed by atoms with Crippen molar-refractivity contribution in [1.82, 2.24) is 5.32 Å². The number of aliphatic hydroxyl groups is 1. The minimum absolute atomic E-state index is 0.0705. The molecule has 0 aromatic heterocycles. The lowest BCUT2D eigenvalue weighted by atomic mass is 10.1. The summed E-state index contributed by atoms with van der Waals surface area (Å²) < 4.78 is 36.8. The summed E-state index contributed by atoms with van der Waals surface area (Å²) in [4.78, 5) is 11.3. The van der Waals surface area contributed by atoms with Gasteiger partial charge in [0, 0.05) is 10.9 Å². The SMILES string of the molecule is O=C(CCc1cccc(Br)c1)NCC(O)C(F)(F)F. The standard InChI is InChI=1S/C12H13BrF3NO2/c13-9-3-1-2-8(6-9)4-5-11(19)17-7-10(18)12(14,15)16/h1-3,6,10,18H,4-5,7H2,(H,17,19). The van der Waals surface area contributed by atoms with Crippen molar-refractivity contribution in [3.63, 3.8) is 0 Å². The van der Waals surface area contributed by atoms with Crippen molar-refractivity contribution in [2.24, 2.45) is 0 Å². The fourth-order valence-electron chi connectivity index (χ4n) is 1.36. The normalized spacial score (nSPS) is 13.1. The number of carbonyl (C=O) groups is 1. The summed E-state index contributed by atoms with van der Waals surface area (Å²) >= 11 is 3.28. The van der Waals surface area contributed by atoms with Gasteiger partial charge in [0.1, 0.15) is 0 Å². The molecule has 19 heavy (non-hydrogen) atoms. The zero-order valence-electron chi connectivity index (χ0n) is 9.88. The van der Waals surface area contributed by atoms with Crippen LogP contribution in [0.5, 0.6) is 0 Å². The van der Waals surface area contributed by atoms with Crippen LogP contribution in [0.2, 0.25) is 0 Å². The zero-order valence-corrected chi connectivity index (χ0v) is 11.5. The van der Waals surface area contributed by atoms with Gasteiger partial charge in [-0.2, -0.15) is 13.2 Å². The molecule has 1 amide bonds. The summed E-state index contributed by atoms with van der Waals surface area (Å²) in [5.74, 6) is -0.525. The molecule has 3 nitrogen and oxygen atoms in total. The number of nitrogens with one attached hydrogen (secondary N) is 1. The molecule has 1 unspecified atom stereocenters. The number of aryl methyl sites for hydroxylation is 1. The van der Waals surface area contributed by atoms with Gasteiger partial charge in [0.05, 0.1) is 6.54 Å². The highest BCUT2D eigenvalue weighted by atomic mass is 79.9. The highest BCUT2D eigenvalue weighted by Gasteiger charge is 2.38. The first kappa shape index (κ1) is 16.0. The highest BCUT2D eigenvalue weighted by Crippen LogP contribution is 2.19. The van der Waals surface area contributed by atoms with E-state index in [-0.39, 0.29) is 6.42 Å². The minimum atomic E-state index is -4.71. The predicted octanol–water partition coefficient (Wildman–Crippen LogP) is 2.42.